The molecule has 0 aliphatic heterocycles. The quantitative estimate of drug-likeness (QED) is 0.542. The van der Waals surface area contributed by atoms with Crippen molar-refractivity contribution in [2.75, 3.05) is 12.4 Å². The Morgan fingerprint density at radius 1 is 1.14 bits per heavy atom. The van der Waals surface area contributed by atoms with Crippen molar-refractivity contribution in [3.8, 4) is 0 Å². The third-order valence-electron chi connectivity index (χ3n) is 5.09. The number of nitrogens with one attached hydrogen (secondary N) is 1. The first-order chi connectivity index (χ1) is 13.2. The van der Waals surface area contributed by atoms with Crippen LogP contribution in [0.2, 0.25) is 0 Å². The van der Waals surface area contributed by atoms with Gasteiger partial charge in [-0.25, -0.2) is 4.79 Å². The van der Waals surface area contributed by atoms with Gasteiger partial charge in [0.25, 0.3) is 0 Å². The fourth-order valence-electron chi connectivity index (χ4n) is 3.11. The Balaban J connectivity index is 1.91. The van der Waals surface area contributed by atoms with E-state index in [1.54, 1.807) is 39.0 Å². The van der Waals surface area contributed by atoms with Crippen molar-refractivity contribution in [3.05, 3.63) is 29.8 Å². The first-order valence-corrected chi connectivity index (χ1v) is 10.9. The number of carbonyl (C=O) groups is 3. The molecule has 1 fully saturated rings. The van der Waals surface area contributed by atoms with Gasteiger partial charge in [-0.05, 0) is 30.9 Å². The van der Waals surface area contributed by atoms with E-state index in [2.05, 4.69) is 12.2 Å². The standard InChI is InChI=1S/C22H31NO4S/c1-15-9-5-7-11-17(15)23-20(25)14-28-18-12-8-6-10-16(18)21(26)27-13-19(24)22(2,3)4/h6,8,10,12,15,17H,5,7,9,11,13-14H2,1-4H3,(H,23,25)/t15-,17+/m0/s1. The van der Waals surface area contributed by atoms with E-state index in [-0.39, 0.29) is 30.1 Å². The minimum absolute atomic E-state index is 0.0187. The summed E-state index contributed by atoms with van der Waals surface area (Å²) < 4.78 is 5.20. The summed E-state index contributed by atoms with van der Waals surface area (Å²) in [6.07, 6.45) is 4.57. The van der Waals surface area contributed by atoms with Gasteiger partial charge in [0.1, 0.15) is 0 Å². The number of hydrogen-bond donors (Lipinski definition) is 1. The Hall–Kier alpha value is -1.82. The number of ketones is 1. The number of rotatable bonds is 7. The van der Waals surface area contributed by atoms with Crippen LogP contribution in [0.5, 0.6) is 0 Å². The molecule has 28 heavy (non-hydrogen) atoms. The molecular weight excluding hydrogens is 374 g/mol. The topological polar surface area (TPSA) is 72.5 Å². The van der Waals surface area contributed by atoms with E-state index in [1.807, 2.05) is 6.07 Å². The van der Waals surface area contributed by atoms with Gasteiger partial charge in [-0.1, -0.05) is 52.7 Å². The Kier molecular flexibility index (Phi) is 8.10. The number of ether oxygens (including phenoxy) is 1. The van der Waals surface area contributed by atoms with Crippen LogP contribution in [-0.2, 0) is 14.3 Å². The van der Waals surface area contributed by atoms with Crippen LogP contribution < -0.4 is 5.32 Å². The van der Waals surface area contributed by atoms with Crippen LogP contribution in [0, 0.1) is 11.3 Å². The minimum atomic E-state index is -0.553. The second-order valence-electron chi connectivity index (χ2n) is 8.47. The zero-order valence-corrected chi connectivity index (χ0v) is 18.1. The minimum Gasteiger partial charge on any atom is -0.454 e. The Bertz CT molecular complexity index is 711. The largest absolute Gasteiger partial charge is 0.454 e. The third-order valence-corrected chi connectivity index (χ3v) is 6.17. The molecular formula is C22H31NO4S. The summed E-state index contributed by atoms with van der Waals surface area (Å²) in [6, 6.07) is 7.26. The summed E-state index contributed by atoms with van der Waals surface area (Å²) in [5, 5.41) is 3.12. The molecule has 1 saturated carbocycles. The molecule has 0 heterocycles. The highest BCUT2D eigenvalue weighted by molar-refractivity contribution is 8.00. The van der Waals surface area contributed by atoms with Gasteiger partial charge in [-0.3, -0.25) is 9.59 Å². The van der Waals surface area contributed by atoms with Gasteiger partial charge in [-0.15, -0.1) is 11.8 Å². The number of benzene rings is 1. The van der Waals surface area contributed by atoms with Gasteiger partial charge in [0.05, 0.1) is 11.3 Å². The second kappa shape index (κ2) is 10.1. The molecule has 1 N–H and O–H groups in total. The summed E-state index contributed by atoms with van der Waals surface area (Å²) >= 11 is 1.32. The third kappa shape index (κ3) is 6.66. The van der Waals surface area contributed by atoms with Crippen LogP contribution in [0.4, 0.5) is 0 Å². The van der Waals surface area contributed by atoms with Crippen molar-refractivity contribution in [1.82, 2.24) is 5.32 Å². The Labute approximate surface area is 172 Å². The highest BCUT2D eigenvalue weighted by Gasteiger charge is 2.24. The molecule has 2 rings (SSSR count). The zero-order chi connectivity index (χ0) is 20.7. The van der Waals surface area contributed by atoms with Crippen LogP contribution in [0.25, 0.3) is 0 Å². The molecule has 0 bridgehead atoms. The molecule has 1 aliphatic rings. The van der Waals surface area contributed by atoms with Crippen LogP contribution >= 0.6 is 11.8 Å². The lowest BCUT2D eigenvalue weighted by molar-refractivity contribution is -0.129. The molecule has 0 unspecified atom stereocenters. The molecule has 2 atom stereocenters. The van der Waals surface area contributed by atoms with Gasteiger partial charge in [0.15, 0.2) is 12.4 Å². The summed E-state index contributed by atoms with van der Waals surface area (Å²) in [6.45, 7) is 7.30. The molecule has 0 spiro atoms. The first-order valence-electron chi connectivity index (χ1n) is 9.90. The molecule has 6 heteroatoms. The van der Waals surface area contributed by atoms with E-state index >= 15 is 0 Å². The van der Waals surface area contributed by atoms with Gasteiger partial charge in [0, 0.05) is 16.4 Å². The van der Waals surface area contributed by atoms with Crippen molar-refractivity contribution >= 4 is 29.4 Å². The van der Waals surface area contributed by atoms with E-state index in [1.165, 1.54) is 18.2 Å². The lowest BCUT2D eigenvalue weighted by Crippen LogP contribution is -2.41. The molecule has 154 valence electrons. The normalized spacial score (nSPS) is 19.7. The van der Waals surface area contributed by atoms with E-state index in [9.17, 15) is 14.4 Å². The second-order valence-corrected chi connectivity index (χ2v) is 9.49. The molecule has 5 nitrogen and oxygen atoms in total. The number of esters is 1. The smallest absolute Gasteiger partial charge is 0.339 e. The summed E-state index contributed by atoms with van der Waals surface area (Å²) in [5.74, 6) is 0.0585. The predicted molar refractivity (Wildman–Crippen MR) is 111 cm³/mol. The molecule has 1 aliphatic carbocycles. The van der Waals surface area contributed by atoms with E-state index in [0.29, 0.717) is 16.4 Å². The molecule has 1 aromatic carbocycles. The van der Waals surface area contributed by atoms with Gasteiger partial charge >= 0.3 is 5.97 Å². The maximum atomic E-state index is 12.4. The number of hydrogen-bond acceptors (Lipinski definition) is 5. The van der Waals surface area contributed by atoms with E-state index in [4.69, 9.17) is 4.74 Å². The van der Waals surface area contributed by atoms with Crippen molar-refractivity contribution in [1.29, 1.82) is 0 Å². The van der Waals surface area contributed by atoms with Crippen molar-refractivity contribution in [2.45, 2.75) is 64.3 Å². The first kappa shape index (κ1) is 22.5. The van der Waals surface area contributed by atoms with Crippen LogP contribution in [-0.4, -0.2) is 36.1 Å². The fourth-order valence-corrected chi connectivity index (χ4v) is 3.96. The summed E-state index contributed by atoms with van der Waals surface area (Å²) in [7, 11) is 0. The summed E-state index contributed by atoms with van der Waals surface area (Å²) in [4.78, 5) is 37.4. The van der Waals surface area contributed by atoms with Crippen molar-refractivity contribution < 1.29 is 19.1 Å². The van der Waals surface area contributed by atoms with Gasteiger partial charge in [0.2, 0.25) is 5.91 Å². The number of thioether (sulfide) groups is 1. The highest BCUT2D eigenvalue weighted by atomic mass is 32.2. The SMILES string of the molecule is C[C@H]1CCCC[C@H]1NC(=O)CSc1ccccc1C(=O)OCC(=O)C(C)(C)C. The van der Waals surface area contributed by atoms with Crippen molar-refractivity contribution in [3.63, 3.8) is 0 Å². The van der Waals surface area contributed by atoms with Gasteiger partial charge < -0.3 is 10.1 Å². The highest BCUT2D eigenvalue weighted by Crippen LogP contribution is 2.26. The Morgan fingerprint density at radius 2 is 1.82 bits per heavy atom. The maximum Gasteiger partial charge on any atom is 0.339 e. The number of carbonyl (C=O) groups excluding carboxylic acids is 3. The molecule has 0 aromatic heterocycles. The zero-order valence-electron chi connectivity index (χ0n) is 17.2. The molecule has 0 radical (unpaired) electrons. The van der Waals surface area contributed by atoms with Gasteiger partial charge in [-0.2, -0.15) is 0 Å². The van der Waals surface area contributed by atoms with Crippen LogP contribution in [0.1, 0.15) is 63.7 Å². The predicted octanol–water partition coefficient (Wildman–Crippen LogP) is 4.25. The van der Waals surface area contributed by atoms with E-state index < -0.39 is 11.4 Å². The molecule has 1 amide bonds. The maximum absolute atomic E-state index is 12.4. The van der Waals surface area contributed by atoms with Crippen LogP contribution in [0.15, 0.2) is 29.2 Å². The molecule has 0 saturated heterocycles. The van der Waals surface area contributed by atoms with Crippen molar-refractivity contribution in [2.24, 2.45) is 11.3 Å². The fraction of sp³-hybridized carbons (Fsp3) is 0.591. The lowest BCUT2D eigenvalue weighted by atomic mass is 9.86. The number of amides is 1. The van der Waals surface area contributed by atoms with E-state index in [0.717, 1.165) is 19.3 Å². The average Bonchev–Trinajstić information content (AvgIpc) is 2.65. The lowest BCUT2D eigenvalue weighted by Gasteiger charge is -2.29. The molecule has 1 aromatic rings. The Morgan fingerprint density at radius 3 is 2.50 bits per heavy atom. The number of Topliss-reactive ketones (excluding diaryl/α,β-unsaturated/α-hetero) is 1. The van der Waals surface area contributed by atoms with Crippen LogP contribution in [0.3, 0.4) is 0 Å². The monoisotopic (exact) mass is 405 g/mol. The average molecular weight is 406 g/mol. The summed E-state index contributed by atoms with van der Waals surface area (Å²) in [5.41, 5.74) is -0.170.